The van der Waals surface area contributed by atoms with Gasteiger partial charge in [-0.3, -0.25) is 0 Å². The number of imidazole rings is 2. The molecule has 0 aromatic carbocycles. The van der Waals surface area contributed by atoms with E-state index in [2.05, 4.69) is 14.9 Å². The molecule has 0 aliphatic carbocycles. The van der Waals surface area contributed by atoms with Gasteiger partial charge >= 0.3 is 0 Å². The van der Waals surface area contributed by atoms with Crippen LogP contribution in [0.25, 0.3) is 0 Å². The molecule has 0 radical (unpaired) electrons. The maximum atomic E-state index is 12.9. The molecule has 8 nitrogen and oxygen atoms in total. The van der Waals surface area contributed by atoms with Crippen molar-refractivity contribution in [1.82, 2.24) is 28.3 Å². The quantitative estimate of drug-likeness (QED) is 0.784. The first kappa shape index (κ1) is 16.2. The van der Waals surface area contributed by atoms with E-state index in [-0.39, 0.29) is 17.5 Å². The number of hydrogen-bond donors (Lipinski definition) is 0. The normalized spacial score (nSPS) is 19.7. The highest BCUT2D eigenvalue weighted by molar-refractivity contribution is 7.89. The number of fused-ring (bicyclic) bond motifs is 1. The van der Waals surface area contributed by atoms with Gasteiger partial charge in [0.1, 0.15) is 5.82 Å². The molecule has 1 aliphatic heterocycles. The van der Waals surface area contributed by atoms with Crippen LogP contribution in [0, 0.1) is 5.92 Å². The zero-order valence-corrected chi connectivity index (χ0v) is 14.4. The molecule has 0 N–H and O–H groups in total. The fourth-order valence-electron chi connectivity index (χ4n) is 2.97. The molecular weight excluding hydrogens is 316 g/mol. The zero-order valence-electron chi connectivity index (χ0n) is 13.6. The Morgan fingerprint density at radius 2 is 2.09 bits per heavy atom. The third kappa shape index (κ3) is 3.31. The van der Waals surface area contributed by atoms with Crippen molar-refractivity contribution in [1.29, 1.82) is 0 Å². The van der Waals surface area contributed by atoms with E-state index in [9.17, 15) is 8.42 Å². The van der Waals surface area contributed by atoms with Gasteiger partial charge in [0, 0.05) is 51.2 Å². The van der Waals surface area contributed by atoms with Crippen molar-refractivity contribution >= 4 is 10.0 Å². The zero-order chi connectivity index (χ0) is 16.6. The second-order valence-electron chi connectivity index (χ2n) is 6.30. The predicted octanol–water partition coefficient (Wildman–Crippen LogP) is -0.00110. The molecule has 1 unspecified atom stereocenters. The van der Waals surface area contributed by atoms with Gasteiger partial charge in [-0.1, -0.05) is 0 Å². The molecule has 2 aromatic heterocycles. The van der Waals surface area contributed by atoms with Gasteiger partial charge in [0.05, 0.1) is 12.9 Å². The molecule has 3 rings (SSSR count). The van der Waals surface area contributed by atoms with Crippen molar-refractivity contribution in [2.45, 2.75) is 18.1 Å². The standard InChI is InChI=1S/C14H22N6O2S/c1-17(2)6-12-7-19-5-4-15-13(19)9-20(8-12)23(21,22)14-10-18(3)11-16-14/h4-5,10-12H,6-9H2,1-3H3. The van der Waals surface area contributed by atoms with Gasteiger partial charge < -0.3 is 14.0 Å². The van der Waals surface area contributed by atoms with Gasteiger partial charge in [0.15, 0.2) is 5.03 Å². The van der Waals surface area contributed by atoms with Crippen LogP contribution in [-0.2, 0) is 30.2 Å². The maximum absolute atomic E-state index is 12.9. The highest BCUT2D eigenvalue weighted by atomic mass is 32.2. The van der Waals surface area contributed by atoms with Crippen LogP contribution in [0.4, 0.5) is 0 Å². The van der Waals surface area contributed by atoms with Crippen LogP contribution in [0.1, 0.15) is 5.82 Å². The molecular formula is C14H22N6O2S. The summed E-state index contributed by atoms with van der Waals surface area (Å²) in [6, 6.07) is 0. The van der Waals surface area contributed by atoms with Crippen LogP contribution in [0.2, 0.25) is 0 Å². The van der Waals surface area contributed by atoms with Gasteiger partial charge in [-0.15, -0.1) is 0 Å². The van der Waals surface area contributed by atoms with Crippen LogP contribution in [-0.4, -0.2) is 63.9 Å². The Morgan fingerprint density at radius 1 is 1.30 bits per heavy atom. The van der Waals surface area contributed by atoms with Crippen LogP contribution >= 0.6 is 0 Å². The van der Waals surface area contributed by atoms with Gasteiger partial charge in [-0.25, -0.2) is 18.4 Å². The molecule has 0 amide bonds. The lowest BCUT2D eigenvalue weighted by Gasteiger charge is -2.24. The Kier molecular flexibility index (Phi) is 4.26. The van der Waals surface area contributed by atoms with Crippen molar-refractivity contribution in [2.75, 3.05) is 27.2 Å². The number of aromatic nitrogens is 4. The highest BCUT2D eigenvalue weighted by Crippen LogP contribution is 2.22. The van der Waals surface area contributed by atoms with E-state index in [4.69, 9.17) is 0 Å². The monoisotopic (exact) mass is 338 g/mol. The number of aryl methyl sites for hydroxylation is 1. The van der Waals surface area contributed by atoms with E-state index < -0.39 is 10.0 Å². The first-order valence-corrected chi connectivity index (χ1v) is 8.93. The summed E-state index contributed by atoms with van der Waals surface area (Å²) in [6.45, 7) is 2.31. The lowest BCUT2D eigenvalue weighted by molar-refractivity contribution is 0.264. The Labute approximate surface area is 136 Å². The minimum absolute atomic E-state index is 0.0867. The molecule has 1 aliphatic rings. The lowest BCUT2D eigenvalue weighted by Crippen LogP contribution is -2.37. The van der Waals surface area contributed by atoms with Crippen molar-refractivity contribution in [3.05, 3.63) is 30.7 Å². The van der Waals surface area contributed by atoms with E-state index in [1.807, 2.05) is 24.9 Å². The summed E-state index contributed by atoms with van der Waals surface area (Å²) in [5.41, 5.74) is 0. The minimum Gasteiger partial charge on any atom is -0.339 e. The number of nitrogens with zero attached hydrogens (tertiary/aromatic N) is 6. The Bertz CT molecular complexity index is 779. The minimum atomic E-state index is -3.62. The van der Waals surface area contributed by atoms with Crippen molar-refractivity contribution in [2.24, 2.45) is 13.0 Å². The fourth-order valence-corrected chi connectivity index (χ4v) is 4.41. The first-order chi connectivity index (χ1) is 10.9. The van der Waals surface area contributed by atoms with Crippen LogP contribution in [0.3, 0.4) is 0 Å². The van der Waals surface area contributed by atoms with Gasteiger partial charge in [0.25, 0.3) is 10.0 Å². The van der Waals surface area contributed by atoms with Gasteiger partial charge in [-0.2, -0.15) is 4.31 Å². The molecule has 0 bridgehead atoms. The summed E-state index contributed by atoms with van der Waals surface area (Å²) in [6.07, 6.45) is 6.67. The number of sulfonamides is 1. The molecule has 0 saturated heterocycles. The fraction of sp³-hybridized carbons (Fsp3) is 0.571. The number of rotatable bonds is 4. The largest absolute Gasteiger partial charge is 0.339 e. The summed E-state index contributed by atoms with van der Waals surface area (Å²) in [4.78, 5) is 10.4. The van der Waals surface area contributed by atoms with E-state index in [0.29, 0.717) is 6.54 Å². The van der Waals surface area contributed by atoms with E-state index >= 15 is 0 Å². The van der Waals surface area contributed by atoms with E-state index in [1.54, 1.807) is 17.8 Å². The van der Waals surface area contributed by atoms with E-state index in [0.717, 1.165) is 18.9 Å². The summed E-state index contributed by atoms with van der Waals surface area (Å²) >= 11 is 0. The van der Waals surface area contributed by atoms with Gasteiger partial charge in [0.2, 0.25) is 0 Å². The topological polar surface area (TPSA) is 76.3 Å². The Morgan fingerprint density at radius 3 is 2.74 bits per heavy atom. The lowest BCUT2D eigenvalue weighted by atomic mass is 10.1. The predicted molar refractivity (Wildman–Crippen MR) is 85.1 cm³/mol. The molecule has 126 valence electrons. The first-order valence-electron chi connectivity index (χ1n) is 7.49. The molecule has 0 fully saturated rings. The molecule has 0 spiro atoms. The average molecular weight is 338 g/mol. The van der Waals surface area contributed by atoms with Crippen molar-refractivity contribution in [3.63, 3.8) is 0 Å². The Balaban J connectivity index is 1.94. The summed E-state index contributed by atoms with van der Waals surface area (Å²) in [7, 11) is 2.13. The molecule has 23 heavy (non-hydrogen) atoms. The van der Waals surface area contributed by atoms with Crippen LogP contribution < -0.4 is 0 Å². The van der Waals surface area contributed by atoms with Crippen molar-refractivity contribution in [3.8, 4) is 0 Å². The third-order valence-corrected chi connectivity index (χ3v) is 5.64. The third-order valence-electron chi connectivity index (χ3n) is 3.94. The number of hydrogen-bond acceptors (Lipinski definition) is 5. The smallest absolute Gasteiger partial charge is 0.262 e. The summed E-state index contributed by atoms with van der Waals surface area (Å²) < 4.78 is 31.0. The van der Waals surface area contributed by atoms with Crippen LogP contribution in [0.15, 0.2) is 29.9 Å². The van der Waals surface area contributed by atoms with Crippen LogP contribution in [0.5, 0.6) is 0 Å². The summed E-state index contributed by atoms with van der Waals surface area (Å²) in [5, 5.41) is 0.0867. The van der Waals surface area contributed by atoms with E-state index in [1.165, 1.54) is 16.8 Å². The Hall–Kier alpha value is -1.71. The average Bonchev–Trinajstić information content (AvgIpc) is 3.04. The molecule has 3 heterocycles. The second kappa shape index (κ2) is 6.06. The second-order valence-corrected chi connectivity index (χ2v) is 8.18. The maximum Gasteiger partial charge on any atom is 0.262 e. The van der Waals surface area contributed by atoms with Crippen molar-refractivity contribution < 1.29 is 8.42 Å². The molecule has 0 saturated carbocycles. The molecule has 9 heteroatoms. The SMILES string of the molecule is CN(C)CC1CN(S(=O)(=O)c2cn(C)cn2)Cc2nccn2C1. The van der Waals surface area contributed by atoms with Gasteiger partial charge in [-0.05, 0) is 14.1 Å². The highest BCUT2D eigenvalue weighted by Gasteiger charge is 2.33. The molecule has 2 aromatic rings. The summed E-state index contributed by atoms with van der Waals surface area (Å²) in [5.74, 6) is 0.963. The molecule has 1 atom stereocenters.